The minimum Gasteiger partial charge on any atom is -0.490 e. The second kappa shape index (κ2) is 7.55. The van der Waals surface area contributed by atoms with Crippen LogP contribution in [-0.4, -0.2) is 44.5 Å². The Morgan fingerprint density at radius 1 is 1.29 bits per heavy atom. The fraction of sp³-hybridized carbons (Fsp3) is 0.462. The van der Waals surface area contributed by atoms with Crippen LogP contribution in [0.2, 0.25) is 0 Å². The van der Waals surface area contributed by atoms with Gasteiger partial charge in [0, 0.05) is 20.3 Å². The van der Waals surface area contributed by atoms with Gasteiger partial charge in [0.2, 0.25) is 5.75 Å². The maximum Gasteiger partial charge on any atom is 0.311 e. The van der Waals surface area contributed by atoms with Gasteiger partial charge in [-0.15, -0.1) is 0 Å². The lowest BCUT2D eigenvalue weighted by molar-refractivity contribution is -0.385. The molecule has 0 aliphatic carbocycles. The van der Waals surface area contributed by atoms with Crippen LogP contribution < -0.4 is 10.1 Å². The molecule has 0 aliphatic rings. The summed E-state index contributed by atoms with van der Waals surface area (Å²) in [4.78, 5) is 22.5. The summed E-state index contributed by atoms with van der Waals surface area (Å²) < 4.78 is 15.1. The molecule has 1 atom stereocenters. The van der Waals surface area contributed by atoms with Crippen molar-refractivity contribution in [3.63, 3.8) is 0 Å². The van der Waals surface area contributed by atoms with E-state index in [1.54, 1.807) is 6.92 Å². The molecule has 1 aromatic rings. The molecule has 1 aromatic carbocycles. The van der Waals surface area contributed by atoms with Crippen molar-refractivity contribution in [3.8, 4) is 5.75 Å². The lowest BCUT2D eigenvalue weighted by atomic mass is 10.1. The van der Waals surface area contributed by atoms with E-state index in [4.69, 9.17) is 14.2 Å². The van der Waals surface area contributed by atoms with Crippen molar-refractivity contribution >= 4 is 11.6 Å². The van der Waals surface area contributed by atoms with Crippen LogP contribution >= 0.6 is 0 Å². The SMILES string of the molecule is COc1c(C(=O)NC(C)C(OC)OC)cccc1[N+](=O)[O-]. The number of amides is 1. The van der Waals surface area contributed by atoms with Gasteiger partial charge in [-0.05, 0) is 13.0 Å². The highest BCUT2D eigenvalue weighted by molar-refractivity contribution is 5.98. The smallest absolute Gasteiger partial charge is 0.311 e. The summed E-state index contributed by atoms with van der Waals surface area (Å²) >= 11 is 0. The van der Waals surface area contributed by atoms with E-state index in [2.05, 4.69) is 5.32 Å². The van der Waals surface area contributed by atoms with Gasteiger partial charge in [0.1, 0.15) is 0 Å². The first-order valence-corrected chi connectivity index (χ1v) is 6.14. The summed E-state index contributed by atoms with van der Waals surface area (Å²) in [6.07, 6.45) is -0.626. The van der Waals surface area contributed by atoms with E-state index in [-0.39, 0.29) is 17.0 Å². The highest BCUT2D eigenvalue weighted by atomic mass is 16.7. The predicted octanol–water partition coefficient (Wildman–Crippen LogP) is 1.34. The standard InChI is InChI=1S/C13H18N2O6/c1-8(13(20-3)21-4)14-12(16)9-6-5-7-10(15(17)18)11(9)19-2/h5-8,13H,1-4H3,(H,14,16). The number of rotatable bonds is 7. The van der Waals surface area contributed by atoms with Gasteiger partial charge in [-0.2, -0.15) is 0 Å². The number of nitro groups is 1. The number of methoxy groups -OCH3 is 3. The molecule has 1 amide bonds. The Hall–Kier alpha value is -2.19. The summed E-state index contributed by atoms with van der Waals surface area (Å²) in [7, 11) is 4.17. The van der Waals surface area contributed by atoms with Crippen LogP contribution in [0.3, 0.4) is 0 Å². The summed E-state index contributed by atoms with van der Waals surface area (Å²) in [5, 5.41) is 13.6. The molecule has 8 heteroatoms. The van der Waals surface area contributed by atoms with Crippen LogP contribution in [0.15, 0.2) is 18.2 Å². The Bertz CT molecular complexity index is 515. The molecule has 0 heterocycles. The van der Waals surface area contributed by atoms with Crippen molar-refractivity contribution < 1.29 is 23.9 Å². The number of nitrogens with zero attached hydrogens (tertiary/aromatic N) is 1. The second-order valence-electron chi connectivity index (χ2n) is 4.22. The number of ether oxygens (including phenoxy) is 3. The van der Waals surface area contributed by atoms with Crippen LogP contribution in [-0.2, 0) is 9.47 Å². The number of benzene rings is 1. The van der Waals surface area contributed by atoms with Crippen molar-refractivity contribution in [1.29, 1.82) is 0 Å². The zero-order valence-electron chi connectivity index (χ0n) is 12.3. The van der Waals surface area contributed by atoms with Crippen LogP contribution in [0, 0.1) is 10.1 Å². The third-order valence-corrected chi connectivity index (χ3v) is 2.87. The number of hydrogen-bond donors (Lipinski definition) is 1. The number of nitrogens with one attached hydrogen (secondary N) is 1. The van der Waals surface area contributed by atoms with Crippen molar-refractivity contribution in [1.82, 2.24) is 5.32 Å². The van der Waals surface area contributed by atoms with Crippen LogP contribution in [0.5, 0.6) is 5.75 Å². The number of para-hydroxylation sites is 1. The molecular weight excluding hydrogens is 280 g/mol. The highest BCUT2D eigenvalue weighted by Gasteiger charge is 2.25. The number of nitro benzene ring substituents is 1. The Morgan fingerprint density at radius 2 is 1.90 bits per heavy atom. The van der Waals surface area contributed by atoms with Crippen molar-refractivity contribution in [2.75, 3.05) is 21.3 Å². The molecule has 0 fully saturated rings. The second-order valence-corrected chi connectivity index (χ2v) is 4.22. The average molecular weight is 298 g/mol. The van der Waals surface area contributed by atoms with E-state index in [1.165, 1.54) is 39.5 Å². The van der Waals surface area contributed by atoms with E-state index in [0.717, 1.165) is 0 Å². The molecule has 116 valence electrons. The Labute approximate surface area is 122 Å². The molecule has 0 radical (unpaired) electrons. The highest BCUT2D eigenvalue weighted by Crippen LogP contribution is 2.30. The molecule has 0 saturated carbocycles. The molecule has 21 heavy (non-hydrogen) atoms. The average Bonchev–Trinajstić information content (AvgIpc) is 2.47. The number of hydrogen-bond acceptors (Lipinski definition) is 6. The van der Waals surface area contributed by atoms with Crippen molar-refractivity contribution in [2.45, 2.75) is 19.3 Å². The van der Waals surface area contributed by atoms with Crippen LogP contribution in [0.25, 0.3) is 0 Å². The minimum absolute atomic E-state index is 0.0736. The molecule has 1 unspecified atom stereocenters. The van der Waals surface area contributed by atoms with Gasteiger partial charge in [-0.3, -0.25) is 14.9 Å². The van der Waals surface area contributed by atoms with Crippen molar-refractivity contribution in [3.05, 3.63) is 33.9 Å². The molecule has 8 nitrogen and oxygen atoms in total. The molecule has 0 aromatic heterocycles. The monoisotopic (exact) mass is 298 g/mol. The first-order valence-electron chi connectivity index (χ1n) is 6.14. The van der Waals surface area contributed by atoms with Gasteiger partial charge >= 0.3 is 5.69 Å². The maximum absolute atomic E-state index is 12.2. The Morgan fingerprint density at radius 3 is 2.38 bits per heavy atom. The molecule has 0 bridgehead atoms. The summed E-state index contributed by atoms with van der Waals surface area (Å²) in [5.74, 6) is -0.597. The molecule has 1 N–H and O–H groups in total. The quantitative estimate of drug-likeness (QED) is 0.463. The van der Waals surface area contributed by atoms with Gasteiger partial charge in [0.15, 0.2) is 6.29 Å². The molecule has 0 spiro atoms. The third-order valence-electron chi connectivity index (χ3n) is 2.87. The zero-order valence-corrected chi connectivity index (χ0v) is 12.3. The number of carbonyl (C=O) groups excluding carboxylic acids is 1. The third kappa shape index (κ3) is 3.89. The minimum atomic E-state index is -0.626. The predicted molar refractivity (Wildman–Crippen MR) is 74.4 cm³/mol. The zero-order chi connectivity index (χ0) is 16.0. The van der Waals surface area contributed by atoms with Crippen molar-refractivity contribution in [2.24, 2.45) is 0 Å². The summed E-state index contributed by atoms with van der Waals surface area (Å²) in [6, 6.07) is 3.69. The summed E-state index contributed by atoms with van der Waals surface area (Å²) in [5.41, 5.74) is -0.197. The van der Waals surface area contributed by atoms with Gasteiger partial charge in [0.25, 0.3) is 5.91 Å². The van der Waals surface area contributed by atoms with E-state index in [9.17, 15) is 14.9 Å². The van der Waals surface area contributed by atoms with Crippen LogP contribution in [0.4, 0.5) is 5.69 Å². The molecule has 0 saturated heterocycles. The lowest BCUT2D eigenvalue weighted by Gasteiger charge is -2.22. The summed E-state index contributed by atoms with van der Waals surface area (Å²) in [6.45, 7) is 1.69. The van der Waals surface area contributed by atoms with E-state index < -0.39 is 23.2 Å². The number of carbonyl (C=O) groups is 1. The normalized spacial score (nSPS) is 12.0. The first-order chi connectivity index (χ1) is 9.96. The first kappa shape index (κ1) is 16.9. The van der Waals surface area contributed by atoms with Gasteiger partial charge in [-0.25, -0.2) is 0 Å². The van der Waals surface area contributed by atoms with Gasteiger partial charge < -0.3 is 19.5 Å². The fourth-order valence-electron chi connectivity index (χ4n) is 1.92. The van der Waals surface area contributed by atoms with Gasteiger partial charge in [-0.1, -0.05) is 6.07 Å². The Kier molecular flexibility index (Phi) is 6.07. The largest absolute Gasteiger partial charge is 0.490 e. The lowest BCUT2D eigenvalue weighted by Crippen LogP contribution is -2.43. The fourth-order valence-corrected chi connectivity index (χ4v) is 1.92. The topological polar surface area (TPSA) is 99.9 Å². The van der Waals surface area contributed by atoms with Crippen LogP contribution in [0.1, 0.15) is 17.3 Å². The maximum atomic E-state index is 12.2. The molecular formula is C13H18N2O6. The molecule has 1 rings (SSSR count). The van der Waals surface area contributed by atoms with E-state index in [0.29, 0.717) is 0 Å². The van der Waals surface area contributed by atoms with E-state index in [1.807, 2.05) is 0 Å². The van der Waals surface area contributed by atoms with E-state index >= 15 is 0 Å². The van der Waals surface area contributed by atoms with Gasteiger partial charge in [0.05, 0.1) is 23.6 Å². The Balaban J connectivity index is 3.02. The molecule has 0 aliphatic heterocycles.